The van der Waals surface area contributed by atoms with Crippen molar-refractivity contribution in [3.05, 3.63) is 28.8 Å². The molecule has 1 atom stereocenters. The monoisotopic (exact) mass is 270 g/mol. The Morgan fingerprint density at radius 3 is 2.56 bits per heavy atom. The third-order valence-electron chi connectivity index (χ3n) is 3.71. The predicted octanol–water partition coefficient (Wildman–Crippen LogP) is 3.08. The van der Waals surface area contributed by atoms with Gasteiger partial charge in [-0.1, -0.05) is 30.9 Å². The highest BCUT2D eigenvalue weighted by atomic mass is 35.5. The Kier molecular flexibility index (Phi) is 4.15. The Balaban J connectivity index is 2.32. The molecule has 0 bridgehead atoms. The van der Waals surface area contributed by atoms with Gasteiger partial charge < -0.3 is 14.9 Å². The number of ether oxygens (including phenoxy) is 1. The third-order valence-corrected chi connectivity index (χ3v) is 3.95. The fraction of sp³-hybridized carbons (Fsp3) is 0.571. The van der Waals surface area contributed by atoms with Crippen LogP contribution in [-0.2, 0) is 0 Å². The van der Waals surface area contributed by atoms with E-state index in [0.29, 0.717) is 29.2 Å². The molecule has 4 heteroatoms. The topological polar surface area (TPSA) is 49.7 Å². The molecule has 3 nitrogen and oxygen atoms in total. The highest BCUT2D eigenvalue weighted by Crippen LogP contribution is 2.41. The van der Waals surface area contributed by atoms with Crippen LogP contribution in [0.2, 0.25) is 5.02 Å². The normalized spacial score (nSPS) is 20.4. The first kappa shape index (κ1) is 13.7. The summed E-state index contributed by atoms with van der Waals surface area (Å²) in [5.41, 5.74) is -0.495. The number of halogens is 1. The van der Waals surface area contributed by atoms with Crippen molar-refractivity contribution in [2.24, 2.45) is 0 Å². The summed E-state index contributed by atoms with van der Waals surface area (Å²) in [6.45, 7) is 0. The second-order valence-electron chi connectivity index (χ2n) is 4.95. The van der Waals surface area contributed by atoms with Gasteiger partial charge in [0.1, 0.15) is 11.9 Å². The van der Waals surface area contributed by atoms with E-state index in [9.17, 15) is 10.2 Å². The van der Waals surface area contributed by atoms with Crippen molar-refractivity contribution in [1.29, 1.82) is 0 Å². The van der Waals surface area contributed by atoms with Gasteiger partial charge in [-0.25, -0.2) is 0 Å². The van der Waals surface area contributed by atoms with E-state index in [-0.39, 0.29) is 0 Å². The van der Waals surface area contributed by atoms with E-state index >= 15 is 0 Å². The molecule has 0 amide bonds. The zero-order valence-corrected chi connectivity index (χ0v) is 11.3. The van der Waals surface area contributed by atoms with Crippen LogP contribution in [0.4, 0.5) is 0 Å². The van der Waals surface area contributed by atoms with Crippen LogP contribution < -0.4 is 4.74 Å². The summed E-state index contributed by atoms with van der Waals surface area (Å²) in [5.74, 6) is 0.561. The van der Waals surface area contributed by atoms with Crippen LogP contribution in [0.15, 0.2) is 18.2 Å². The molecule has 0 spiro atoms. The molecule has 0 saturated heterocycles. The maximum absolute atomic E-state index is 10.6. The van der Waals surface area contributed by atoms with Crippen LogP contribution in [0.25, 0.3) is 0 Å². The lowest BCUT2D eigenvalue weighted by Gasteiger charge is -2.37. The van der Waals surface area contributed by atoms with Crippen molar-refractivity contribution in [1.82, 2.24) is 0 Å². The van der Waals surface area contributed by atoms with Gasteiger partial charge >= 0.3 is 0 Å². The first-order chi connectivity index (χ1) is 8.57. The zero-order valence-electron chi connectivity index (χ0n) is 10.5. The maximum atomic E-state index is 10.6. The minimum absolute atomic E-state index is 0.532. The van der Waals surface area contributed by atoms with E-state index in [1.165, 1.54) is 0 Å². The van der Waals surface area contributed by atoms with Crippen LogP contribution in [-0.4, -0.2) is 22.9 Å². The lowest BCUT2D eigenvalue weighted by molar-refractivity contribution is -0.0998. The molecule has 100 valence electrons. The molecule has 1 aromatic rings. The fourth-order valence-electron chi connectivity index (χ4n) is 2.65. The Morgan fingerprint density at radius 1 is 1.28 bits per heavy atom. The third kappa shape index (κ3) is 2.63. The molecule has 2 rings (SSSR count). The van der Waals surface area contributed by atoms with Gasteiger partial charge in [-0.05, 0) is 31.0 Å². The SMILES string of the molecule is COc1ccc(Cl)cc1C(O)C1(O)CCCCC1. The van der Waals surface area contributed by atoms with Gasteiger partial charge in [-0.3, -0.25) is 0 Å². The lowest BCUT2D eigenvalue weighted by Crippen LogP contribution is -2.38. The van der Waals surface area contributed by atoms with Crippen LogP contribution in [0.5, 0.6) is 5.75 Å². The number of aliphatic hydroxyl groups excluding tert-OH is 1. The number of hydrogen-bond acceptors (Lipinski definition) is 3. The van der Waals surface area contributed by atoms with E-state index in [2.05, 4.69) is 0 Å². The first-order valence-electron chi connectivity index (χ1n) is 6.31. The van der Waals surface area contributed by atoms with Crippen LogP contribution >= 0.6 is 11.6 Å². The van der Waals surface area contributed by atoms with E-state index < -0.39 is 11.7 Å². The van der Waals surface area contributed by atoms with Gasteiger partial charge in [0.25, 0.3) is 0 Å². The minimum Gasteiger partial charge on any atom is -0.496 e. The molecule has 1 unspecified atom stereocenters. The molecule has 1 saturated carbocycles. The lowest BCUT2D eigenvalue weighted by atomic mass is 9.78. The Labute approximate surface area is 112 Å². The van der Waals surface area contributed by atoms with Crippen LogP contribution in [0, 0.1) is 0 Å². The number of benzene rings is 1. The molecule has 1 aliphatic rings. The number of hydrogen-bond donors (Lipinski definition) is 2. The standard InChI is InChI=1S/C14H19ClO3/c1-18-12-6-5-10(15)9-11(12)13(16)14(17)7-3-2-4-8-14/h5-6,9,13,16-17H,2-4,7-8H2,1H3. The summed E-state index contributed by atoms with van der Waals surface area (Å²) in [6, 6.07) is 5.09. The molecule has 2 N–H and O–H groups in total. The van der Waals surface area contributed by atoms with E-state index in [4.69, 9.17) is 16.3 Å². The average molecular weight is 271 g/mol. The summed E-state index contributed by atoms with van der Waals surface area (Å²) in [5, 5.41) is 21.5. The van der Waals surface area contributed by atoms with E-state index in [0.717, 1.165) is 19.3 Å². The fourth-order valence-corrected chi connectivity index (χ4v) is 2.83. The Hall–Kier alpha value is -0.770. The predicted molar refractivity (Wildman–Crippen MR) is 71.0 cm³/mol. The summed E-state index contributed by atoms with van der Waals surface area (Å²) >= 11 is 5.95. The van der Waals surface area contributed by atoms with Gasteiger partial charge in [0.2, 0.25) is 0 Å². The number of methoxy groups -OCH3 is 1. The summed E-state index contributed by atoms with van der Waals surface area (Å²) in [6.07, 6.45) is 3.27. The van der Waals surface area contributed by atoms with Gasteiger partial charge in [0.05, 0.1) is 12.7 Å². The molecular formula is C14H19ClO3. The van der Waals surface area contributed by atoms with Gasteiger partial charge in [-0.15, -0.1) is 0 Å². The summed E-state index contributed by atoms with van der Waals surface area (Å²) in [7, 11) is 1.55. The maximum Gasteiger partial charge on any atom is 0.124 e. The Morgan fingerprint density at radius 2 is 1.94 bits per heavy atom. The zero-order chi connectivity index (χ0) is 13.2. The van der Waals surface area contributed by atoms with E-state index in [1.807, 2.05) is 0 Å². The largest absolute Gasteiger partial charge is 0.496 e. The molecule has 0 aromatic heterocycles. The van der Waals surface area contributed by atoms with Crippen molar-refractivity contribution in [3.63, 3.8) is 0 Å². The second kappa shape index (κ2) is 5.47. The second-order valence-corrected chi connectivity index (χ2v) is 5.39. The molecular weight excluding hydrogens is 252 g/mol. The molecule has 1 aromatic carbocycles. The summed E-state index contributed by atoms with van der Waals surface area (Å²) < 4.78 is 5.23. The van der Waals surface area contributed by atoms with Crippen molar-refractivity contribution < 1.29 is 14.9 Å². The molecule has 0 aliphatic heterocycles. The first-order valence-corrected chi connectivity index (χ1v) is 6.68. The van der Waals surface area contributed by atoms with Gasteiger partial charge in [-0.2, -0.15) is 0 Å². The number of rotatable bonds is 3. The van der Waals surface area contributed by atoms with Gasteiger partial charge in [0, 0.05) is 10.6 Å². The molecule has 18 heavy (non-hydrogen) atoms. The average Bonchev–Trinajstić information content (AvgIpc) is 2.38. The number of aliphatic hydroxyl groups is 2. The molecule has 0 heterocycles. The van der Waals surface area contributed by atoms with Crippen LogP contribution in [0.3, 0.4) is 0 Å². The van der Waals surface area contributed by atoms with E-state index in [1.54, 1.807) is 25.3 Å². The Bertz CT molecular complexity index is 414. The highest BCUT2D eigenvalue weighted by molar-refractivity contribution is 6.30. The smallest absolute Gasteiger partial charge is 0.124 e. The molecule has 1 aliphatic carbocycles. The quantitative estimate of drug-likeness (QED) is 0.887. The molecule has 1 fully saturated rings. The van der Waals surface area contributed by atoms with Crippen molar-refractivity contribution in [2.75, 3.05) is 7.11 Å². The summed E-state index contributed by atoms with van der Waals surface area (Å²) in [4.78, 5) is 0. The minimum atomic E-state index is -1.06. The van der Waals surface area contributed by atoms with Crippen LogP contribution in [0.1, 0.15) is 43.8 Å². The van der Waals surface area contributed by atoms with Gasteiger partial charge in [0.15, 0.2) is 0 Å². The van der Waals surface area contributed by atoms with Crippen molar-refractivity contribution in [3.8, 4) is 5.75 Å². The van der Waals surface area contributed by atoms with Crippen molar-refractivity contribution in [2.45, 2.75) is 43.8 Å². The highest BCUT2D eigenvalue weighted by Gasteiger charge is 2.39. The van der Waals surface area contributed by atoms with Crippen molar-refractivity contribution >= 4 is 11.6 Å². The molecule has 0 radical (unpaired) electrons.